The van der Waals surface area contributed by atoms with E-state index in [9.17, 15) is 4.79 Å². The lowest BCUT2D eigenvalue weighted by molar-refractivity contribution is -0.127. The van der Waals surface area contributed by atoms with Gasteiger partial charge in [-0.3, -0.25) is 9.69 Å². The third kappa shape index (κ3) is 6.72. The van der Waals surface area contributed by atoms with Gasteiger partial charge in [0.15, 0.2) is 5.96 Å². The van der Waals surface area contributed by atoms with E-state index in [4.69, 9.17) is 9.47 Å². The van der Waals surface area contributed by atoms with Crippen molar-refractivity contribution >= 4 is 35.8 Å². The van der Waals surface area contributed by atoms with Gasteiger partial charge in [0.25, 0.3) is 0 Å². The van der Waals surface area contributed by atoms with Crippen molar-refractivity contribution < 1.29 is 14.3 Å². The SMILES string of the molecule is CN(C)C(=O)CN=C(NCC1CCOC1)N1CCC(N2CCOCC2)C1.I. The fourth-order valence-corrected chi connectivity index (χ4v) is 3.71. The van der Waals surface area contributed by atoms with Crippen molar-refractivity contribution in [2.45, 2.75) is 18.9 Å². The Kier molecular flexibility index (Phi) is 9.54. The Balaban J connectivity index is 0.00000261. The van der Waals surface area contributed by atoms with Gasteiger partial charge in [-0.25, -0.2) is 4.99 Å². The first kappa shape index (κ1) is 22.6. The quantitative estimate of drug-likeness (QED) is 0.331. The number of rotatable bonds is 5. The molecule has 8 nitrogen and oxygen atoms in total. The van der Waals surface area contributed by atoms with E-state index < -0.39 is 0 Å². The predicted molar refractivity (Wildman–Crippen MR) is 116 cm³/mol. The topological polar surface area (TPSA) is 69.6 Å². The number of halogens is 1. The first-order chi connectivity index (χ1) is 12.6. The van der Waals surface area contributed by atoms with E-state index in [1.807, 2.05) is 0 Å². The monoisotopic (exact) mass is 495 g/mol. The Labute approximate surface area is 179 Å². The minimum Gasteiger partial charge on any atom is -0.381 e. The zero-order valence-corrected chi connectivity index (χ0v) is 18.9. The largest absolute Gasteiger partial charge is 0.381 e. The molecule has 0 aliphatic carbocycles. The fraction of sp³-hybridized carbons (Fsp3) is 0.889. The van der Waals surface area contributed by atoms with Crippen LogP contribution in [0.1, 0.15) is 12.8 Å². The second kappa shape index (κ2) is 11.4. The van der Waals surface area contributed by atoms with Gasteiger partial charge in [0, 0.05) is 65.4 Å². The maximum absolute atomic E-state index is 12.0. The van der Waals surface area contributed by atoms with Crippen LogP contribution in [0.2, 0.25) is 0 Å². The van der Waals surface area contributed by atoms with Gasteiger partial charge in [0.2, 0.25) is 5.91 Å². The average Bonchev–Trinajstić information content (AvgIpc) is 3.34. The molecule has 3 rings (SSSR count). The normalized spacial score (nSPS) is 26.7. The molecule has 3 fully saturated rings. The summed E-state index contributed by atoms with van der Waals surface area (Å²) in [6.07, 6.45) is 2.22. The molecule has 3 aliphatic rings. The molecule has 2 atom stereocenters. The molecule has 1 amide bonds. The lowest BCUT2D eigenvalue weighted by Crippen LogP contribution is -2.47. The van der Waals surface area contributed by atoms with Gasteiger partial charge in [-0.2, -0.15) is 0 Å². The number of nitrogens with zero attached hydrogens (tertiary/aromatic N) is 4. The number of aliphatic imine (C=N–C) groups is 1. The minimum atomic E-state index is 0. The molecule has 0 saturated carbocycles. The molecule has 3 heterocycles. The van der Waals surface area contributed by atoms with E-state index in [0.29, 0.717) is 12.0 Å². The van der Waals surface area contributed by atoms with Crippen molar-refractivity contribution in [1.29, 1.82) is 0 Å². The highest BCUT2D eigenvalue weighted by Crippen LogP contribution is 2.17. The van der Waals surface area contributed by atoms with E-state index in [1.54, 1.807) is 19.0 Å². The molecule has 0 radical (unpaired) electrons. The third-order valence-electron chi connectivity index (χ3n) is 5.46. The Morgan fingerprint density at radius 1 is 1.15 bits per heavy atom. The van der Waals surface area contributed by atoms with Gasteiger partial charge in [0.1, 0.15) is 6.54 Å². The second-order valence-electron chi connectivity index (χ2n) is 7.58. The molecule has 27 heavy (non-hydrogen) atoms. The zero-order chi connectivity index (χ0) is 18.4. The average molecular weight is 495 g/mol. The summed E-state index contributed by atoms with van der Waals surface area (Å²) in [5, 5.41) is 3.50. The minimum absolute atomic E-state index is 0. The first-order valence-electron chi connectivity index (χ1n) is 9.76. The maximum Gasteiger partial charge on any atom is 0.243 e. The summed E-state index contributed by atoms with van der Waals surface area (Å²) in [6.45, 7) is 8.32. The molecule has 0 bridgehead atoms. The Morgan fingerprint density at radius 2 is 1.93 bits per heavy atom. The molecule has 3 aliphatic heterocycles. The summed E-state index contributed by atoms with van der Waals surface area (Å²) < 4.78 is 10.9. The van der Waals surface area contributed by atoms with Gasteiger partial charge in [0.05, 0.1) is 19.8 Å². The van der Waals surface area contributed by atoms with Crippen LogP contribution in [0, 0.1) is 5.92 Å². The third-order valence-corrected chi connectivity index (χ3v) is 5.46. The van der Waals surface area contributed by atoms with Gasteiger partial charge < -0.3 is 24.6 Å². The van der Waals surface area contributed by atoms with Crippen molar-refractivity contribution in [2.75, 3.05) is 79.8 Å². The number of likely N-dealkylation sites (tertiary alicyclic amines) is 1. The molecule has 3 saturated heterocycles. The van der Waals surface area contributed by atoms with Gasteiger partial charge in [-0.15, -0.1) is 24.0 Å². The highest BCUT2D eigenvalue weighted by molar-refractivity contribution is 14.0. The van der Waals surface area contributed by atoms with Crippen molar-refractivity contribution in [3.8, 4) is 0 Å². The van der Waals surface area contributed by atoms with Crippen molar-refractivity contribution in [3.63, 3.8) is 0 Å². The zero-order valence-electron chi connectivity index (χ0n) is 16.6. The Hall–Kier alpha value is -0.650. The maximum atomic E-state index is 12.0. The number of ether oxygens (including phenoxy) is 2. The van der Waals surface area contributed by atoms with Crippen molar-refractivity contribution in [2.24, 2.45) is 10.9 Å². The first-order valence-corrected chi connectivity index (χ1v) is 9.76. The summed E-state index contributed by atoms with van der Waals surface area (Å²) in [4.78, 5) is 23.0. The van der Waals surface area contributed by atoms with E-state index in [2.05, 4.69) is 20.1 Å². The van der Waals surface area contributed by atoms with Crippen LogP contribution in [0.15, 0.2) is 4.99 Å². The molecule has 0 aromatic carbocycles. The number of hydrogen-bond acceptors (Lipinski definition) is 5. The van der Waals surface area contributed by atoms with E-state index in [1.165, 1.54) is 0 Å². The van der Waals surface area contributed by atoms with E-state index >= 15 is 0 Å². The van der Waals surface area contributed by atoms with Crippen LogP contribution in [0.5, 0.6) is 0 Å². The molecule has 0 aromatic heterocycles. The van der Waals surface area contributed by atoms with Crippen LogP contribution in [-0.4, -0.2) is 112 Å². The van der Waals surface area contributed by atoms with Crippen LogP contribution in [0.4, 0.5) is 0 Å². The number of guanidine groups is 1. The van der Waals surface area contributed by atoms with Gasteiger partial charge >= 0.3 is 0 Å². The summed E-state index contributed by atoms with van der Waals surface area (Å²) >= 11 is 0. The molecular formula is C18H34IN5O3. The van der Waals surface area contributed by atoms with Crippen molar-refractivity contribution in [3.05, 3.63) is 0 Å². The fourth-order valence-electron chi connectivity index (χ4n) is 3.71. The summed E-state index contributed by atoms with van der Waals surface area (Å²) in [7, 11) is 3.54. The lowest BCUT2D eigenvalue weighted by atomic mass is 10.1. The summed E-state index contributed by atoms with van der Waals surface area (Å²) in [5.41, 5.74) is 0. The standard InChI is InChI=1S/C18H33N5O3.HI/c1-21(2)17(24)12-20-18(19-11-15-4-8-26-14-15)23-5-3-16(13-23)22-6-9-25-10-7-22;/h15-16H,3-14H2,1-2H3,(H,19,20);1H. The Bertz CT molecular complexity index is 493. The number of likely N-dealkylation sites (N-methyl/N-ethyl adjacent to an activating group) is 1. The van der Waals surface area contributed by atoms with Crippen LogP contribution in [-0.2, 0) is 14.3 Å². The highest BCUT2D eigenvalue weighted by Gasteiger charge is 2.30. The molecule has 0 aromatic rings. The van der Waals surface area contributed by atoms with Gasteiger partial charge in [-0.05, 0) is 12.8 Å². The van der Waals surface area contributed by atoms with Crippen LogP contribution in [0.25, 0.3) is 0 Å². The molecule has 1 N–H and O–H groups in total. The molecule has 9 heteroatoms. The van der Waals surface area contributed by atoms with Crippen LogP contribution < -0.4 is 5.32 Å². The number of carbonyl (C=O) groups is 1. The van der Waals surface area contributed by atoms with Crippen molar-refractivity contribution in [1.82, 2.24) is 20.0 Å². The van der Waals surface area contributed by atoms with E-state index in [-0.39, 0.29) is 36.4 Å². The Morgan fingerprint density at radius 3 is 2.59 bits per heavy atom. The molecule has 156 valence electrons. The predicted octanol–water partition coefficient (Wildman–Crippen LogP) is 0.0812. The highest BCUT2D eigenvalue weighted by atomic mass is 127. The smallest absolute Gasteiger partial charge is 0.243 e. The number of morpholine rings is 1. The second-order valence-corrected chi connectivity index (χ2v) is 7.58. The lowest BCUT2D eigenvalue weighted by Gasteiger charge is -2.32. The van der Waals surface area contributed by atoms with Crippen LogP contribution >= 0.6 is 24.0 Å². The summed E-state index contributed by atoms with van der Waals surface area (Å²) in [5.74, 6) is 1.42. The summed E-state index contributed by atoms with van der Waals surface area (Å²) in [6, 6.07) is 0.547. The van der Waals surface area contributed by atoms with Gasteiger partial charge in [-0.1, -0.05) is 0 Å². The molecule has 2 unspecified atom stereocenters. The number of nitrogens with one attached hydrogen (secondary N) is 1. The number of amides is 1. The number of hydrogen-bond donors (Lipinski definition) is 1. The van der Waals surface area contributed by atoms with Crippen LogP contribution in [0.3, 0.4) is 0 Å². The number of carbonyl (C=O) groups excluding carboxylic acids is 1. The molecular weight excluding hydrogens is 461 g/mol. The molecule has 0 spiro atoms. The van der Waals surface area contributed by atoms with E-state index in [0.717, 1.165) is 78.0 Å².